The van der Waals surface area contributed by atoms with Gasteiger partial charge in [0.15, 0.2) is 0 Å². The Kier molecular flexibility index (Phi) is 3.71. The molecule has 0 radical (unpaired) electrons. The molecule has 0 unspecified atom stereocenters. The van der Waals surface area contributed by atoms with Gasteiger partial charge in [-0.1, -0.05) is 6.07 Å². The minimum atomic E-state index is -0.185. The van der Waals surface area contributed by atoms with Crippen LogP contribution in [0, 0.1) is 0 Å². The summed E-state index contributed by atoms with van der Waals surface area (Å²) in [5.74, 6) is 0.468. The Bertz CT molecular complexity index is 875. The Hall–Kier alpha value is -2.82. The molecule has 25 heavy (non-hydrogen) atoms. The maximum absolute atomic E-state index is 12.6. The molecule has 2 heterocycles. The van der Waals surface area contributed by atoms with Gasteiger partial charge in [-0.2, -0.15) is 0 Å². The molecular formula is C20H20N2O3. The number of rotatable bonds is 3. The van der Waals surface area contributed by atoms with Crippen molar-refractivity contribution in [2.75, 3.05) is 23.9 Å². The molecule has 0 saturated carbocycles. The highest BCUT2D eigenvalue weighted by Gasteiger charge is 2.37. The molecule has 0 saturated heterocycles. The Labute approximate surface area is 146 Å². The molecule has 5 heteroatoms. The van der Waals surface area contributed by atoms with E-state index >= 15 is 0 Å². The second kappa shape index (κ2) is 5.92. The molecule has 0 aromatic heterocycles. The Morgan fingerprint density at radius 1 is 1.28 bits per heavy atom. The fraction of sp³-hybridized carbons (Fsp3) is 0.300. The SMILES string of the molecule is COc1cccc(C(=O)Nc2cc3c4c(c2)[C@H](C)C(=O)N4CCC3)c1. The van der Waals surface area contributed by atoms with E-state index in [-0.39, 0.29) is 17.7 Å². The van der Waals surface area contributed by atoms with Crippen LogP contribution in [0.5, 0.6) is 5.75 Å². The predicted octanol–water partition coefficient (Wildman–Crippen LogP) is 3.34. The van der Waals surface area contributed by atoms with Gasteiger partial charge in [-0.05, 0) is 61.2 Å². The van der Waals surface area contributed by atoms with Crippen molar-refractivity contribution in [2.24, 2.45) is 0 Å². The summed E-state index contributed by atoms with van der Waals surface area (Å²) in [6.45, 7) is 2.72. The van der Waals surface area contributed by atoms with Gasteiger partial charge < -0.3 is 15.0 Å². The summed E-state index contributed by atoms with van der Waals surface area (Å²) in [5, 5.41) is 2.96. The van der Waals surface area contributed by atoms with E-state index in [0.717, 1.165) is 41.9 Å². The third-order valence-electron chi connectivity index (χ3n) is 5.01. The first-order valence-corrected chi connectivity index (χ1v) is 8.52. The largest absolute Gasteiger partial charge is 0.497 e. The molecule has 2 aliphatic heterocycles. The van der Waals surface area contributed by atoms with Crippen molar-refractivity contribution in [3.05, 3.63) is 53.1 Å². The van der Waals surface area contributed by atoms with Crippen molar-refractivity contribution in [1.29, 1.82) is 0 Å². The van der Waals surface area contributed by atoms with E-state index < -0.39 is 0 Å². The standard InChI is InChI=1S/C20H20N2O3/c1-12-17-11-15(9-13-6-4-8-22(18(13)17)20(12)24)21-19(23)14-5-3-7-16(10-14)25-2/h3,5,7,9-12H,4,6,8H2,1-2H3,(H,21,23)/t12-/m0/s1. The molecule has 0 bridgehead atoms. The summed E-state index contributed by atoms with van der Waals surface area (Å²) in [5.41, 5.74) is 4.50. The second-order valence-corrected chi connectivity index (χ2v) is 6.57. The molecule has 1 atom stereocenters. The van der Waals surface area contributed by atoms with Gasteiger partial charge in [-0.25, -0.2) is 0 Å². The van der Waals surface area contributed by atoms with Crippen LogP contribution in [0.4, 0.5) is 11.4 Å². The summed E-state index contributed by atoms with van der Waals surface area (Å²) >= 11 is 0. The summed E-state index contributed by atoms with van der Waals surface area (Å²) in [6.07, 6.45) is 1.89. The molecule has 2 aliphatic rings. The Morgan fingerprint density at radius 3 is 2.92 bits per heavy atom. The second-order valence-electron chi connectivity index (χ2n) is 6.57. The first-order chi connectivity index (χ1) is 12.1. The topological polar surface area (TPSA) is 58.6 Å². The van der Waals surface area contributed by atoms with Gasteiger partial charge in [0.25, 0.3) is 5.91 Å². The lowest BCUT2D eigenvalue weighted by Gasteiger charge is -2.26. The predicted molar refractivity (Wildman–Crippen MR) is 96.5 cm³/mol. The first-order valence-electron chi connectivity index (χ1n) is 8.52. The third kappa shape index (κ3) is 2.56. The monoisotopic (exact) mass is 336 g/mol. The highest BCUT2D eigenvalue weighted by molar-refractivity contribution is 6.08. The van der Waals surface area contributed by atoms with Crippen LogP contribution in [0.1, 0.15) is 40.7 Å². The number of carbonyl (C=O) groups excluding carboxylic acids is 2. The highest BCUT2D eigenvalue weighted by atomic mass is 16.5. The molecule has 0 spiro atoms. The summed E-state index contributed by atoms with van der Waals surface area (Å²) in [6, 6.07) is 11.0. The lowest BCUT2D eigenvalue weighted by molar-refractivity contribution is -0.119. The average Bonchev–Trinajstić information content (AvgIpc) is 2.88. The van der Waals surface area contributed by atoms with Crippen LogP contribution in [-0.4, -0.2) is 25.5 Å². The van der Waals surface area contributed by atoms with E-state index in [1.807, 2.05) is 24.0 Å². The lowest BCUT2D eigenvalue weighted by atomic mass is 9.96. The number of amides is 2. The Balaban J connectivity index is 1.66. The normalized spacial score (nSPS) is 18.1. The molecule has 0 fully saturated rings. The minimum absolute atomic E-state index is 0.152. The van der Waals surface area contributed by atoms with Crippen LogP contribution in [-0.2, 0) is 11.2 Å². The van der Waals surface area contributed by atoms with Gasteiger partial charge in [0.05, 0.1) is 18.7 Å². The zero-order valence-corrected chi connectivity index (χ0v) is 14.3. The molecule has 2 aromatic rings. The number of nitrogens with one attached hydrogen (secondary N) is 1. The number of hydrogen-bond acceptors (Lipinski definition) is 3. The number of anilines is 2. The zero-order chi connectivity index (χ0) is 17.6. The molecule has 128 valence electrons. The molecule has 2 amide bonds. The molecule has 5 nitrogen and oxygen atoms in total. The smallest absolute Gasteiger partial charge is 0.255 e. The van der Waals surface area contributed by atoms with Crippen molar-refractivity contribution in [3.8, 4) is 5.75 Å². The fourth-order valence-corrected chi connectivity index (χ4v) is 3.74. The average molecular weight is 336 g/mol. The first kappa shape index (κ1) is 15.7. The van der Waals surface area contributed by atoms with Crippen molar-refractivity contribution in [3.63, 3.8) is 0 Å². The van der Waals surface area contributed by atoms with E-state index in [4.69, 9.17) is 4.74 Å². The van der Waals surface area contributed by atoms with Gasteiger partial charge in [-0.15, -0.1) is 0 Å². The van der Waals surface area contributed by atoms with E-state index in [1.165, 1.54) is 0 Å². The van der Waals surface area contributed by atoms with Crippen LogP contribution >= 0.6 is 0 Å². The molecular weight excluding hydrogens is 316 g/mol. The summed E-state index contributed by atoms with van der Waals surface area (Å²) in [4.78, 5) is 26.9. The third-order valence-corrected chi connectivity index (χ3v) is 5.01. The number of hydrogen-bond donors (Lipinski definition) is 1. The molecule has 1 N–H and O–H groups in total. The number of aryl methyl sites for hydroxylation is 1. The van der Waals surface area contributed by atoms with Gasteiger partial charge in [-0.3, -0.25) is 9.59 Å². The van der Waals surface area contributed by atoms with Crippen molar-refractivity contribution in [1.82, 2.24) is 0 Å². The number of ether oxygens (including phenoxy) is 1. The van der Waals surface area contributed by atoms with Crippen LogP contribution in [0.2, 0.25) is 0 Å². The highest BCUT2D eigenvalue weighted by Crippen LogP contribution is 2.44. The van der Waals surface area contributed by atoms with E-state index in [2.05, 4.69) is 5.32 Å². The van der Waals surface area contributed by atoms with Crippen molar-refractivity contribution >= 4 is 23.2 Å². The van der Waals surface area contributed by atoms with Crippen molar-refractivity contribution in [2.45, 2.75) is 25.7 Å². The number of nitrogens with zero attached hydrogens (tertiary/aromatic N) is 1. The maximum atomic E-state index is 12.6. The van der Waals surface area contributed by atoms with E-state index in [1.54, 1.807) is 31.4 Å². The van der Waals surface area contributed by atoms with E-state index in [9.17, 15) is 9.59 Å². The minimum Gasteiger partial charge on any atom is -0.497 e. The van der Waals surface area contributed by atoms with Gasteiger partial charge in [0.2, 0.25) is 5.91 Å². The number of benzene rings is 2. The van der Waals surface area contributed by atoms with Crippen molar-refractivity contribution < 1.29 is 14.3 Å². The van der Waals surface area contributed by atoms with Crippen LogP contribution < -0.4 is 15.0 Å². The van der Waals surface area contributed by atoms with E-state index in [0.29, 0.717) is 11.3 Å². The number of methoxy groups -OCH3 is 1. The van der Waals surface area contributed by atoms with Crippen LogP contribution in [0.25, 0.3) is 0 Å². The van der Waals surface area contributed by atoms with Gasteiger partial charge >= 0.3 is 0 Å². The Morgan fingerprint density at radius 2 is 2.12 bits per heavy atom. The fourth-order valence-electron chi connectivity index (χ4n) is 3.74. The maximum Gasteiger partial charge on any atom is 0.255 e. The number of carbonyl (C=O) groups is 2. The molecule has 0 aliphatic carbocycles. The quantitative estimate of drug-likeness (QED) is 0.935. The van der Waals surface area contributed by atoms with Crippen LogP contribution in [0.15, 0.2) is 36.4 Å². The van der Waals surface area contributed by atoms with Gasteiger partial charge in [0.1, 0.15) is 5.75 Å². The lowest BCUT2D eigenvalue weighted by Crippen LogP contribution is -2.32. The van der Waals surface area contributed by atoms with Gasteiger partial charge in [0, 0.05) is 17.8 Å². The van der Waals surface area contributed by atoms with Crippen LogP contribution in [0.3, 0.4) is 0 Å². The zero-order valence-electron chi connectivity index (χ0n) is 14.3. The molecule has 4 rings (SSSR count). The summed E-state index contributed by atoms with van der Waals surface area (Å²) < 4.78 is 5.17. The summed E-state index contributed by atoms with van der Waals surface area (Å²) in [7, 11) is 1.58. The molecule has 2 aromatic carbocycles.